The lowest BCUT2D eigenvalue weighted by atomic mass is 10.3. The maximum Gasteiger partial charge on any atom is 0.308 e. The number of nitrogens with two attached hydrogens (primary N) is 1. The summed E-state index contributed by atoms with van der Waals surface area (Å²) in [6.07, 6.45) is -0.731. The van der Waals surface area contributed by atoms with E-state index in [1.165, 1.54) is 5.01 Å². The molecule has 2 aliphatic heterocycles. The van der Waals surface area contributed by atoms with E-state index in [0.29, 0.717) is 13.2 Å². The summed E-state index contributed by atoms with van der Waals surface area (Å²) in [4.78, 5) is 0. The zero-order valence-electron chi connectivity index (χ0n) is 11.3. The van der Waals surface area contributed by atoms with Crippen LogP contribution in [0.1, 0.15) is 0 Å². The van der Waals surface area contributed by atoms with E-state index in [0.717, 1.165) is 5.69 Å². The van der Waals surface area contributed by atoms with E-state index in [1.807, 2.05) is 30.3 Å². The van der Waals surface area contributed by atoms with Crippen molar-refractivity contribution in [1.82, 2.24) is 0 Å². The molecule has 0 spiro atoms. The fraction of sp³-hybridized carbons (Fsp3) is 0.308. The zero-order chi connectivity index (χ0) is 14.9. The Bertz CT molecular complexity index is 586. The van der Waals surface area contributed by atoms with Crippen LogP contribution in [0, 0.1) is 0 Å². The molecule has 0 bridgehead atoms. The van der Waals surface area contributed by atoms with Crippen LogP contribution in [0.3, 0.4) is 0 Å². The Morgan fingerprint density at radius 3 is 2.43 bits per heavy atom. The van der Waals surface area contributed by atoms with E-state index in [9.17, 15) is 0 Å². The molecular weight excluding hydrogens is 309 g/mol. The second-order valence-electron chi connectivity index (χ2n) is 4.61. The van der Waals surface area contributed by atoms with E-state index in [1.54, 1.807) is 6.20 Å². The molecule has 1 aromatic rings. The van der Waals surface area contributed by atoms with Crippen molar-refractivity contribution in [1.29, 1.82) is 0 Å². The van der Waals surface area contributed by atoms with Crippen molar-refractivity contribution in [2.24, 2.45) is 10.8 Å². The third-order valence-corrected chi connectivity index (χ3v) is 7.38. The van der Waals surface area contributed by atoms with Crippen molar-refractivity contribution >= 4 is 29.8 Å². The molecule has 2 unspecified atom stereocenters. The number of rotatable bonds is 6. The van der Waals surface area contributed by atoms with Crippen molar-refractivity contribution in [3.63, 3.8) is 0 Å². The van der Waals surface area contributed by atoms with Crippen molar-refractivity contribution in [2.45, 2.75) is 11.7 Å². The fourth-order valence-electron chi connectivity index (χ4n) is 1.86. The van der Waals surface area contributed by atoms with Gasteiger partial charge in [-0.1, -0.05) is 24.8 Å². The summed E-state index contributed by atoms with van der Waals surface area (Å²) in [6, 6.07) is 9.51. The van der Waals surface area contributed by atoms with Crippen LogP contribution < -0.4 is 10.7 Å². The largest absolute Gasteiger partial charge is 0.430 e. The second-order valence-corrected chi connectivity index (χ2v) is 8.95. The molecule has 3 rings (SSSR count). The van der Waals surface area contributed by atoms with E-state index < -0.39 is 6.26 Å². The lowest BCUT2D eigenvalue weighted by Gasteiger charge is -2.20. The van der Waals surface area contributed by atoms with Crippen LogP contribution in [0.4, 0.5) is 5.69 Å². The van der Waals surface area contributed by atoms with Gasteiger partial charge in [-0.05, 0) is 23.9 Å². The summed E-state index contributed by atoms with van der Waals surface area (Å²) in [6.45, 7) is 4.93. The van der Waals surface area contributed by atoms with Gasteiger partial charge in [0.05, 0.1) is 18.9 Å². The van der Waals surface area contributed by atoms with Gasteiger partial charge in [0.25, 0.3) is 0 Å². The monoisotopic (exact) mass is 325 g/mol. The van der Waals surface area contributed by atoms with Crippen molar-refractivity contribution in [3.8, 4) is 0 Å². The number of anilines is 1. The number of para-hydroxylation sites is 1. The fourth-order valence-corrected chi connectivity index (χ4v) is 4.76. The minimum absolute atomic E-state index is 0.00749. The highest BCUT2D eigenvalue weighted by Gasteiger charge is 2.53. The summed E-state index contributed by atoms with van der Waals surface area (Å²) in [5.41, 5.74) is 6.72. The van der Waals surface area contributed by atoms with Gasteiger partial charge in [0.1, 0.15) is 11.7 Å². The van der Waals surface area contributed by atoms with Crippen LogP contribution in [0.25, 0.3) is 0 Å². The third kappa shape index (κ3) is 3.27. The average Bonchev–Trinajstić information content (AvgIpc) is 3.36. The Balaban J connectivity index is 1.75. The van der Waals surface area contributed by atoms with E-state index >= 15 is 0 Å². The minimum atomic E-state index is -2.28. The van der Waals surface area contributed by atoms with Gasteiger partial charge in [-0.15, -0.1) is 5.10 Å². The molecule has 2 fully saturated rings. The van der Waals surface area contributed by atoms with E-state index in [4.69, 9.17) is 31.5 Å². The topological polar surface area (TPSA) is 75.9 Å². The molecule has 2 aliphatic rings. The lowest BCUT2D eigenvalue weighted by Crippen LogP contribution is -2.22. The van der Waals surface area contributed by atoms with Crippen LogP contribution in [-0.2, 0) is 25.8 Å². The molecule has 6 nitrogen and oxygen atoms in total. The van der Waals surface area contributed by atoms with Gasteiger partial charge >= 0.3 is 6.02 Å². The highest BCUT2D eigenvalue weighted by molar-refractivity contribution is 8.13. The number of epoxide rings is 2. The molecule has 1 aromatic carbocycles. The number of benzene rings is 1. The molecule has 2 N–H and O–H groups in total. The smallest absolute Gasteiger partial charge is 0.308 e. The number of hydrazone groups is 1. The Morgan fingerprint density at radius 2 is 1.95 bits per heavy atom. The van der Waals surface area contributed by atoms with Gasteiger partial charge in [0.2, 0.25) is 0 Å². The van der Waals surface area contributed by atoms with Gasteiger partial charge in [-0.3, -0.25) is 0 Å². The Morgan fingerprint density at radius 1 is 1.38 bits per heavy atom. The van der Waals surface area contributed by atoms with Gasteiger partial charge in [-0.25, -0.2) is 5.01 Å². The molecule has 0 aromatic heterocycles. The average molecular weight is 325 g/mol. The second kappa shape index (κ2) is 5.77. The Hall–Kier alpha value is -1.40. The quantitative estimate of drug-likeness (QED) is 0.283. The number of hydrogen-bond acceptors (Lipinski definition) is 6. The number of amidine groups is 1. The molecule has 2 heterocycles. The zero-order valence-corrected chi connectivity index (χ0v) is 13.0. The first-order valence-corrected chi connectivity index (χ1v) is 9.32. The summed E-state index contributed by atoms with van der Waals surface area (Å²) in [5.74, 6) is -0.134. The molecule has 112 valence electrons. The maximum absolute atomic E-state index is 5.89. The molecule has 2 atom stereocenters. The minimum Gasteiger partial charge on any atom is -0.430 e. The van der Waals surface area contributed by atoms with Gasteiger partial charge in [-0.2, -0.15) is 0 Å². The number of nitrogens with zero attached hydrogens (tertiary/aromatic N) is 2. The highest BCUT2D eigenvalue weighted by Crippen LogP contribution is 2.65. The SMILES string of the molecule is C=CN(/N=C(\N)OP(=S)(C1CO1)C1CO1)c1ccccc1. The highest BCUT2D eigenvalue weighted by atomic mass is 32.4. The Labute approximate surface area is 128 Å². The van der Waals surface area contributed by atoms with Crippen LogP contribution in [0.15, 0.2) is 48.2 Å². The molecule has 0 saturated carbocycles. The number of hydrogen-bond donors (Lipinski definition) is 1. The molecule has 0 amide bonds. The molecular formula is C13H16N3O3PS. The first kappa shape index (κ1) is 14.5. The predicted octanol–water partition coefficient (Wildman–Crippen LogP) is 1.99. The molecule has 0 aliphatic carbocycles. The standard InChI is InChI=1S/C13H16N3O3PS/c1-2-16(10-6-4-3-5-7-10)15-13(14)19-20(21,11-8-17-11)12-9-18-12/h2-7,11-12H,1,8-9H2,(H2,14,15). The van der Waals surface area contributed by atoms with Gasteiger partial charge < -0.3 is 19.7 Å². The molecule has 21 heavy (non-hydrogen) atoms. The van der Waals surface area contributed by atoms with Crippen molar-refractivity contribution < 1.29 is 14.0 Å². The molecule has 0 radical (unpaired) electrons. The normalized spacial score (nSPS) is 26.6. The summed E-state index contributed by atoms with van der Waals surface area (Å²) in [7, 11) is 0. The van der Waals surface area contributed by atoms with Crippen molar-refractivity contribution in [3.05, 3.63) is 43.1 Å². The van der Waals surface area contributed by atoms with Crippen molar-refractivity contribution in [2.75, 3.05) is 18.2 Å². The van der Waals surface area contributed by atoms with Crippen LogP contribution in [-0.4, -0.2) is 30.9 Å². The third-order valence-electron chi connectivity index (χ3n) is 3.07. The van der Waals surface area contributed by atoms with Crippen LogP contribution >= 0.6 is 6.26 Å². The van der Waals surface area contributed by atoms with Crippen LogP contribution in [0.5, 0.6) is 0 Å². The number of ether oxygens (including phenoxy) is 2. The van der Waals surface area contributed by atoms with E-state index in [-0.39, 0.29) is 17.7 Å². The maximum atomic E-state index is 5.89. The first-order chi connectivity index (χ1) is 10.1. The molecule has 2 saturated heterocycles. The summed E-state index contributed by atoms with van der Waals surface area (Å²) in [5, 5.41) is 5.75. The summed E-state index contributed by atoms with van der Waals surface area (Å²) >= 11 is 5.59. The predicted molar refractivity (Wildman–Crippen MR) is 85.6 cm³/mol. The van der Waals surface area contributed by atoms with Gasteiger partial charge in [0.15, 0.2) is 6.26 Å². The van der Waals surface area contributed by atoms with Gasteiger partial charge in [0, 0.05) is 6.20 Å². The Kier molecular flexibility index (Phi) is 3.99. The molecule has 8 heteroatoms. The lowest BCUT2D eigenvalue weighted by molar-refractivity contribution is 0.419. The van der Waals surface area contributed by atoms with E-state index in [2.05, 4.69) is 11.7 Å². The van der Waals surface area contributed by atoms with Crippen LogP contribution in [0.2, 0.25) is 0 Å². The first-order valence-electron chi connectivity index (χ1n) is 6.46. The summed E-state index contributed by atoms with van der Waals surface area (Å²) < 4.78 is 16.3.